The zero-order chi connectivity index (χ0) is 12.8. The van der Waals surface area contributed by atoms with Crippen LogP contribution in [0.15, 0.2) is 29.4 Å². The average molecular weight is 263 g/mol. The fourth-order valence-corrected chi connectivity index (χ4v) is 2.24. The number of nitrogens with one attached hydrogen (secondary N) is 1. The summed E-state index contributed by atoms with van der Waals surface area (Å²) in [6, 6.07) is 8.58. The van der Waals surface area contributed by atoms with Crippen LogP contribution < -0.4 is 5.32 Å². The first-order valence-electron chi connectivity index (χ1n) is 5.87. The number of hydrogen-bond acceptors (Lipinski definition) is 5. The summed E-state index contributed by atoms with van der Waals surface area (Å²) in [5.74, 6) is 0.958. The van der Waals surface area contributed by atoms with Crippen LogP contribution in [0.4, 0.5) is 0 Å². The topological polar surface area (TPSA) is 55.6 Å². The molecule has 0 atom stereocenters. The molecule has 18 heavy (non-hydrogen) atoms. The summed E-state index contributed by atoms with van der Waals surface area (Å²) in [6.45, 7) is 3.94. The van der Waals surface area contributed by atoms with Crippen molar-refractivity contribution in [3.63, 3.8) is 0 Å². The summed E-state index contributed by atoms with van der Waals surface area (Å²) >= 11 is 1.66. The lowest BCUT2D eigenvalue weighted by Gasteiger charge is -2.04. The van der Waals surface area contributed by atoms with E-state index < -0.39 is 0 Å². The number of benzene rings is 1. The molecule has 0 aliphatic heterocycles. The Morgan fingerprint density at radius 3 is 2.72 bits per heavy atom. The van der Waals surface area contributed by atoms with Crippen molar-refractivity contribution in [3.05, 3.63) is 35.4 Å². The van der Waals surface area contributed by atoms with Gasteiger partial charge in [0, 0.05) is 25.9 Å². The Hall–Kier alpha value is -1.40. The molecule has 0 aliphatic rings. The van der Waals surface area contributed by atoms with Crippen LogP contribution in [0.5, 0.6) is 0 Å². The molecular formula is C12H17N5S. The Morgan fingerprint density at radius 1 is 1.28 bits per heavy atom. The molecule has 1 aromatic heterocycles. The quantitative estimate of drug-likeness (QED) is 0.630. The number of rotatable bonds is 6. The van der Waals surface area contributed by atoms with Crippen LogP contribution in [0, 0.1) is 6.92 Å². The Kier molecular flexibility index (Phi) is 4.72. The molecule has 0 bridgehead atoms. The van der Waals surface area contributed by atoms with Crippen molar-refractivity contribution in [1.82, 2.24) is 25.5 Å². The van der Waals surface area contributed by atoms with Gasteiger partial charge in [-0.05, 0) is 22.9 Å². The lowest BCUT2D eigenvalue weighted by atomic mass is 10.1. The summed E-state index contributed by atoms with van der Waals surface area (Å²) in [5, 5.41) is 15.6. The SMILES string of the molecule is Cc1ccc(CNCCSc2nnnn2C)cc1. The number of hydrogen-bond donors (Lipinski definition) is 1. The minimum absolute atomic E-state index is 0.854. The standard InChI is InChI=1S/C12H17N5S/c1-10-3-5-11(6-4-10)9-13-7-8-18-12-14-15-16-17(12)2/h3-6,13H,7-9H2,1-2H3. The highest BCUT2D eigenvalue weighted by Gasteiger charge is 2.01. The maximum absolute atomic E-state index is 3.92. The molecule has 96 valence electrons. The van der Waals surface area contributed by atoms with Crippen molar-refractivity contribution in [2.75, 3.05) is 12.3 Å². The summed E-state index contributed by atoms with van der Waals surface area (Å²) in [6.07, 6.45) is 0. The average Bonchev–Trinajstić information content (AvgIpc) is 2.77. The highest BCUT2D eigenvalue weighted by Crippen LogP contribution is 2.10. The molecule has 0 aliphatic carbocycles. The predicted octanol–water partition coefficient (Wildman–Crippen LogP) is 1.40. The molecule has 0 fully saturated rings. The number of aryl methyl sites for hydroxylation is 2. The van der Waals surface area contributed by atoms with Crippen LogP contribution in [0.1, 0.15) is 11.1 Å². The van der Waals surface area contributed by atoms with Gasteiger partial charge in [0.05, 0.1) is 0 Å². The maximum Gasteiger partial charge on any atom is 0.209 e. The van der Waals surface area contributed by atoms with Crippen molar-refractivity contribution in [2.45, 2.75) is 18.6 Å². The molecule has 2 aromatic rings. The summed E-state index contributed by atoms with van der Waals surface area (Å²) in [5.41, 5.74) is 2.61. The smallest absolute Gasteiger partial charge is 0.209 e. The van der Waals surface area contributed by atoms with Crippen molar-refractivity contribution >= 4 is 11.8 Å². The van der Waals surface area contributed by atoms with Gasteiger partial charge in [-0.1, -0.05) is 41.6 Å². The van der Waals surface area contributed by atoms with Gasteiger partial charge in [0.15, 0.2) is 0 Å². The van der Waals surface area contributed by atoms with Crippen molar-refractivity contribution in [3.8, 4) is 0 Å². The minimum Gasteiger partial charge on any atom is -0.312 e. The van der Waals surface area contributed by atoms with Crippen LogP contribution in [-0.2, 0) is 13.6 Å². The first kappa shape index (κ1) is 13.0. The van der Waals surface area contributed by atoms with Crippen LogP contribution in [0.25, 0.3) is 0 Å². The first-order chi connectivity index (χ1) is 8.75. The van der Waals surface area contributed by atoms with Gasteiger partial charge in [-0.3, -0.25) is 0 Å². The lowest BCUT2D eigenvalue weighted by Crippen LogP contribution is -2.16. The van der Waals surface area contributed by atoms with Crippen LogP contribution in [0.2, 0.25) is 0 Å². The molecule has 0 saturated heterocycles. The van der Waals surface area contributed by atoms with Gasteiger partial charge < -0.3 is 5.32 Å². The minimum atomic E-state index is 0.854. The Bertz CT molecular complexity index is 479. The molecule has 2 rings (SSSR count). The highest BCUT2D eigenvalue weighted by atomic mass is 32.2. The second-order valence-electron chi connectivity index (χ2n) is 4.10. The van der Waals surface area contributed by atoms with Crippen LogP contribution in [0.3, 0.4) is 0 Å². The van der Waals surface area contributed by atoms with Crippen molar-refractivity contribution in [2.24, 2.45) is 7.05 Å². The second-order valence-corrected chi connectivity index (χ2v) is 5.16. The second kappa shape index (κ2) is 6.51. The van der Waals surface area contributed by atoms with E-state index in [1.54, 1.807) is 16.4 Å². The maximum atomic E-state index is 3.92. The van der Waals surface area contributed by atoms with Crippen LogP contribution >= 0.6 is 11.8 Å². The van der Waals surface area contributed by atoms with E-state index in [9.17, 15) is 0 Å². The van der Waals surface area contributed by atoms with E-state index >= 15 is 0 Å². The third kappa shape index (κ3) is 3.82. The summed E-state index contributed by atoms with van der Waals surface area (Å²) < 4.78 is 1.69. The van der Waals surface area contributed by atoms with E-state index in [-0.39, 0.29) is 0 Å². The predicted molar refractivity (Wildman–Crippen MR) is 72.4 cm³/mol. The summed E-state index contributed by atoms with van der Waals surface area (Å²) in [4.78, 5) is 0. The Labute approximate surface area is 111 Å². The van der Waals surface area contributed by atoms with E-state index in [4.69, 9.17) is 0 Å². The van der Waals surface area contributed by atoms with Gasteiger partial charge >= 0.3 is 0 Å². The zero-order valence-corrected chi connectivity index (χ0v) is 11.4. The van der Waals surface area contributed by atoms with Crippen molar-refractivity contribution in [1.29, 1.82) is 0 Å². The van der Waals surface area contributed by atoms with Crippen molar-refractivity contribution < 1.29 is 0 Å². The number of tetrazole rings is 1. The zero-order valence-electron chi connectivity index (χ0n) is 10.6. The number of nitrogens with zero attached hydrogens (tertiary/aromatic N) is 4. The van der Waals surface area contributed by atoms with Gasteiger partial charge in [-0.15, -0.1) is 5.10 Å². The molecule has 6 heteroatoms. The highest BCUT2D eigenvalue weighted by molar-refractivity contribution is 7.99. The van der Waals surface area contributed by atoms with E-state index in [0.29, 0.717) is 0 Å². The normalized spacial score (nSPS) is 10.8. The van der Waals surface area contributed by atoms with E-state index in [1.165, 1.54) is 11.1 Å². The molecule has 1 aromatic carbocycles. The third-order valence-electron chi connectivity index (χ3n) is 2.54. The monoisotopic (exact) mass is 263 g/mol. The molecule has 5 nitrogen and oxygen atoms in total. The lowest BCUT2D eigenvalue weighted by molar-refractivity contribution is 0.663. The van der Waals surface area contributed by atoms with E-state index in [2.05, 4.69) is 52.0 Å². The molecule has 0 spiro atoms. The molecule has 1 heterocycles. The molecule has 1 N–H and O–H groups in total. The third-order valence-corrected chi connectivity index (χ3v) is 3.55. The molecule has 0 amide bonds. The molecular weight excluding hydrogens is 246 g/mol. The molecule has 0 radical (unpaired) electrons. The van der Waals surface area contributed by atoms with Gasteiger partial charge in [-0.25, -0.2) is 4.68 Å². The largest absolute Gasteiger partial charge is 0.312 e. The first-order valence-corrected chi connectivity index (χ1v) is 6.85. The van der Waals surface area contributed by atoms with Gasteiger partial charge in [-0.2, -0.15) is 0 Å². The molecule has 0 saturated carbocycles. The van der Waals surface area contributed by atoms with Gasteiger partial charge in [0.1, 0.15) is 0 Å². The fourth-order valence-electron chi connectivity index (χ4n) is 1.50. The number of thioether (sulfide) groups is 1. The van der Waals surface area contributed by atoms with E-state index in [0.717, 1.165) is 24.0 Å². The summed E-state index contributed by atoms with van der Waals surface area (Å²) in [7, 11) is 1.85. The molecule has 0 unspecified atom stereocenters. The van der Waals surface area contributed by atoms with Gasteiger partial charge in [0.2, 0.25) is 5.16 Å². The Morgan fingerprint density at radius 2 is 2.06 bits per heavy atom. The fraction of sp³-hybridized carbons (Fsp3) is 0.417. The van der Waals surface area contributed by atoms with Crippen LogP contribution in [-0.4, -0.2) is 32.5 Å². The van der Waals surface area contributed by atoms with Gasteiger partial charge in [0.25, 0.3) is 0 Å². The number of aromatic nitrogens is 4. The van der Waals surface area contributed by atoms with E-state index in [1.807, 2.05) is 7.05 Å². The Balaban J connectivity index is 1.64.